The van der Waals surface area contributed by atoms with Gasteiger partial charge < -0.3 is 4.90 Å². The molecule has 1 amide bonds. The summed E-state index contributed by atoms with van der Waals surface area (Å²) in [5.74, 6) is -1.19. The number of amides is 1. The van der Waals surface area contributed by atoms with E-state index in [0.29, 0.717) is 13.1 Å². The monoisotopic (exact) mass is 240 g/mol. The van der Waals surface area contributed by atoms with E-state index in [1.807, 2.05) is 0 Å². The zero-order valence-corrected chi connectivity index (χ0v) is 9.64. The molecule has 1 aromatic rings. The molecule has 0 atom stereocenters. The molecule has 1 aromatic carbocycles. The molecule has 0 N–H and O–H groups in total. The van der Waals surface area contributed by atoms with Crippen molar-refractivity contribution in [2.45, 2.75) is 13.8 Å². The molecule has 6 heteroatoms. The van der Waals surface area contributed by atoms with Crippen molar-refractivity contribution >= 4 is 11.6 Å². The summed E-state index contributed by atoms with van der Waals surface area (Å²) in [6.45, 7) is 4.35. The van der Waals surface area contributed by atoms with Crippen LogP contribution in [0.25, 0.3) is 0 Å². The van der Waals surface area contributed by atoms with Gasteiger partial charge >= 0.3 is 0 Å². The molecule has 0 aliphatic rings. The number of carbonyl (C=O) groups excluding carboxylic acids is 1. The summed E-state index contributed by atoms with van der Waals surface area (Å²) in [5, 5.41) is 10.7. The van der Waals surface area contributed by atoms with E-state index in [0.717, 1.165) is 18.2 Å². The fourth-order valence-corrected chi connectivity index (χ4v) is 1.52. The van der Waals surface area contributed by atoms with Gasteiger partial charge in [0.1, 0.15) is 11.4 Å². The number of nitro benzene ring substituents is 1. The summed E-state index contributed by atoms with van der Waals surface area (Å²) >= 11 is 0. The standard InChI is InChI=1S/C11H13FN2O3/c1-3-13(4-2)11(15)9-7-8(12)5-6-10(9)14(16)17/h5-7H,3-4H2,1-2H3. The summed E-state index contributed by atoms with van der Waals surface area (Å²) in [6.07, 6.45) is 0. The first-order chi connectivity index (χ1) is 8.01. The van der Waals surface area contributed by atoms with Gasteiger partial charge in [-0.2, -0.15) is 0 Å². The molecule has 0 saturated heterocycles. The Bertz CT molecular complexity index is 444. The van der Waals surface area contributed by atoms with Crippen LogP contribution in [0.15, 0.2) is 18.2 Å². The Morgan fingerprint density at radius 1 is 1.41 bits per heavy atom. The summed E-state index contributed by atoms with van der Waals surface area (Å²) < 4.78 is 13.0. The predicted octanol–water partition coefficient (Wildman–Crippen LogP) is 2.22. The van der Waals surface area contributed by atoms with Crippen LogP contribution in [0.5, 0.6) is 0 Å². The first kappa shape index (κ1) is 13.1. The third-order valence-corrected chi connectivity index (χ3v) is 2.44. The lowest BCUT2D eigenvalue weighted by atomic mass is 10.1. The van der Waals surface area contributed by atoms with Gasteiger partial charge in [-0.15, -0.1) is 0 Å². The van der Waals surface area contributed by atoms with Crippen molar-refractivity contribution in [3.8, 4) is 0 Å². The molecule has 0 bridgehead atoms. The maximum absolute atomic E-state index is 13.0. The van der Waals surface area contributed by atoms with Crippen molar-refractivity contribution in [3.05, 3.63) is 39.7 Å². The van der Waals surface area contributed by atoms with Crippen molar-refractivity contribution in [1.82, 2.24) is 4.90 Å². The largest absolute Gasteiger partial charge is 0.339 e. The zero-order valence-electron chi connectivity index (χ0n) is 9.64. The van der Waals surface area contributed by atoms with E-state index in [1.54, 1.807) is 13.8 Å². The minimum atomic E-state index is -0.684. The second-order valence-electron chi connectivity index (χ2n) is 3.40. The summed E-state index contributed by atoms with van der Waals surface area (Å²) in [6, 6.07) is 2.88. The zero-order chi connectivity index (χ0) is 13.0. The molecule has 0 saturated carbocycles. The molecule has 0 aliphatic heterocycles. The van der Waals surface area contributed by atoms with Crippen LogP contribution in [0.4, 0.5) is 10.1 Å². The van der Waals surface area contributed by atoms with Gasteiger partial charge in [0.05, 0.1) is 4.92 Å². The van der Waals surface area contributed by atoms with Gasteiger partial charge in [-0.1, -0.05) is 0 Å². The van der Waals surface area contributed by atoms with Crippen LogP contribution < -0.4 is 0 Å². The van der Waals surface area contributed by atoms with E-state index in [1.165, 1.54) is 4.90 Å². The van der Waals surface area contributed by atoms with E-state index < -0.39 is 16.6 Å². The Kier molecular flexibility index (Phi) is 4.14. The molecule has 5 nitrogen and oxygen atoms in total. The number of halogens is 1. The molecule has 0 unspecified atom stereocenters. The second-order valence-corrected chi connectivity index (χ2v) is 3.40. The Hall–Kier alpha value is -1.98. The SMILES string of the molecule is CCN(CC)C(=O)c1cc(F)ccc1[N+](=O)[O-]. The van der Waals surface area contributed by atoms with Crippen LogP contribution in [0.1, 0.15) is 24.2 Å². The maximum atomic E-state index is 13.0. The lowest BCUT2D eigenvalue weighted by Crippen LogP contribution is -2.31. The highest BCUT2D eigenvalue weighted by molar-refractivity contribution is 5.98. The highest BCUT2D eigenvalue weighted by Gasteiger charge is 2.23. The first-order valence-electron chi connectivity index (χ1n) is 5.24. The highest BCUT2D eigenvalue weighted by Crippen LogP contribution is 2.21. The van der Waals surface area contributed by atoms with Gasteiger partial charge in [0.2, 0.25) is 0 Å². The minimum Gasteiger partial charge on any atom is -0.339 e. The molecular formula is C11H13FN2O3. The molecular weight excluding hydrogens is 227 g/mol. The third kappa shape index (κ3) is 2.77. The van der Waals surface area contributed by atoms with Crippen LogP contribution in [0.2, 0.25) is 0 Å². The van der Waals surface area contributed by atoms with Crippen LogP contribution in [-0.4, -0.2) is 28.8 Å². The number of hydrogen-bond acceptors (Lipinski definition) is 3. The van der Waals surface area contributed by atoms with Crippen molar-refractivity contribution in [3.63, 3.8) is 0 Å². The number of nitro groups is 1. The topological polar surface area (TPSA) is 63.5 Å². The van der Waals surface area contributed by atoms with Crippen LogP contribution in [-0.2, 0) is 0 Å². The first-order valence-corrected chi connectivity index (χ1v) is 5.24. The molecule has 0 heterocycles. The van der Waals surface area contributed by atoms with E-state index in [-0.39, 0.29) is 11.3 Å². The molecule has 0 spiro atoms. The van der Waals surface area contributed by atoms with Crippen molar-refractivity contribution < 1.29 is 14.1 Å². The summed E-state index contributed by atoms with van der Waals surface area (Å²) in [7, 11) is 0. The van der Waals surface area contributed by atoms with E-state index in [2.05, 4.69) is 0 Å². The number of hydrogen-bond donors (Lipinski definition) is 0. The highest BCUT2D eigenvalue weighted by atomic mass is 19.1. The Morgan fingerprint density at radius 3 is 2.47 bits per heavy atom. The molecule has 0 fully saturated rings. The van der Waals surface area contributed by atoms with E-state index in [9.17, 15) is 19.3 Å². The Labute approximate surface area is 98.0 Å². The van der Waals surface area contributed by atoms with E-state index >= 15 is 0 Å². The summed E-state index contributed by atoms with van der Waals surface area (Å²) in [5.41, 5.74) is -0.581. The number of rotatable bonds is 4. The maximum Gasteiger partial charge on any atom is 0.282 e. The average molecular weight is 240 g/mol. The number of carbonyl (C=O) groups is 1. The molecule has 17 heavy (non-hydrogen) atoms. The Balaban J connectivity index is 3.23. The van der Waals surface area contributed by atoms with Crippen LogP contribution in [0, 0.1) is 15.9 Å². The van der Waals surface area contributed by atoms with E-state index in [4.69, 9.17) is 0 Å². The van der Waals surface area contributed by atoms with Crippen LogP contribution in [0.3, 0.4) is 0 Å². The fraction of sp³-hybridized carbons (Fsp3) is 0.364. The number of nitrogens with zero attached hydrogens (tertiary/aromatic N) is 2. The lowest BCUT2D eigenvalue weighted by molar-refractivity contribution is -0.385. The van der Waals surface area contributed by atoms with Crippen molar-refractivity contribution in [1.29, 1.82) is 0 Å². The third-order valence-electron chi connectivity index (χ3n) is 2.44. The fourth-order valence-electron chi connectivity index (χ4n) is 1.52. The predicted molar refractivity (Wildman–Crippen MR) is 60.3 cm³/mol. The average Bonchev–Trinajstić information content (AvgIpc) is 2.29. The van der Waals surface area contributed by atoms with Gasteiger partial charge in [-0.05, 0) is 26.0 Å². The normalized spacial score (nSPS) is 10.1. The van der Waals surface area contributed by atoms with Gasteiger partial charge in [-0.25, -0.2) is 4.39 Å². The minimum absolute atomic E-state index is 0.210. The molecule has 92 valence electrons. The van der Waals surface area contributed by atoms with Gasteiger partial charge in [0, 0.05) is 19.2 Å². The molecule has 0 radical (unpaired) electrons. The van der Waals surface area contributed by atoms with Gasteiger partial charge in [0.25, 0.3) is 11.6 Å². The van der Waals surface area contributed by atoms with Crippen molar-refractivity contribution in [2.24, 2.45) is 0 Å². The molecule has 0 aliphatic carbocycles. The smallest absolute Gasteiger partial charge is 0.282 e. The second kappa shape index (κ2) is 5.38. The Morgan fingerprint density at radius 2 is 2.00 bits per heavy atom. The molecule has 1 rings (SSSR count). The molecule has 0 aromatic heterocycles. The summed E-state index contributed by atoms with van der Waals surface area (Å²) in [4.78, 5) is 23.4. The van der Waals surface area contributed by atoms with Gasteiger partial charge in [0.15, 0.2) is 0 Å². The van der Waals surface area contributed by atoms with Crippen molar-refractivity contribution in [2.75, 3.05) is 13.1 Å². The quantitative estimate of drug-likeness (QED) is 0.598. The number of benzene rings is 1. The lowest BCUT2D eigenvalue weighted by Gasteiger charge is -2.18. The van der Waals surface area contributed by atoms with Crippen LogP contribution >= 0.6 is 0 Å². The van der Waals surface area contributed by atoms with Gasteiger partial charge in [-0.3, -0.25) is 14.9 Å².